The van der Waals surface area contributed by atoms with Crippen molar-refractivity contribution in [3.63, 3.8) is 0 Å². The van der Waals surface area contributed by atoms with E-state index in [0.29, 0.717) is 5.57 Å². The molecule has 1 aliphatic rings. The normalized spacial score (nSPS) is 18.3. The van der Waals surface area contributed by atoms with Crippen molar-refractivity contribution in [1.82, 2.24) is 0 Å². The van der Waals surface area contributed by atoms with Gasteiger partial charge in [-0.15, -0.1) is 0 Å². The summed E-state index contributed by atoms with van der Waals surface area (Å²) in [5.74, 6) is 0. The lowest BCUT2D eigenvalue weighted by atomic mass is 10.1. The lowest BCUT2D eigenvalue weighted by Crippen LogP contribution is -1.88. The summed E-state index contributed by atoms with van der Waals surface area (Å²) in [5.41, 5.74) is 6.99. The van der Waals surface area contributed by atoms with E-state index in [4.69, 9.17) is 11.0 Å². The predicted molar refractivity (Wildman–Crippen MR) is 39.8 cm³/mol. The third-order valence-corrected chi connectivity index (χ3v) is 1.67. The molecule has 0 spiro atoms. The molecule has 0 atom stereocenters. The van der Waals surface area contributed by atoms with E-state index in [-0.39, 0.29) is 0 Å². The minimum absolute atomic E-state index is 0.637. The van der Waals surface area contributed by atoms with E-state index in [9.17, 15) is 0 Å². The molecule has 0 aromatic heterocycles. The second-order valence-electron chi connectivity index (χ2n) is 2.31. The number of allylic oxidation sites excluding steroid dienone is 3. The lowest BCUT2D eigenvalue weighted by Gasteiger charge is -1.94. The van der Waals surface area contributed by atoms with Crippen LogP contribution < -0.4 is 5.73 Å². The Kier molecular flexibility index (Phi) is 2.11. The molecule has 0 unspecified atom stereocenters. The highest BCUT2D eigenvalue weighted by molar-refractivity contribution is 5.42. The first-order valence-electron chi connectivity index (χ1n) is 3.40. The monoisotopic (exact) mass is 134 g/mol. The first kappa shape index (κ1) is 6.88. The van der Waals surface area contributed by atoms with Crippen molar-refractivity contribution in [2.75, 3.05) is 0 Å². The van der Waals surface area contributed by atoms with Gasteiger partial charge in [-0.1, -0.05) is 6.08 Å². The maximum Gasteiger partial charge on any atom is 0.101 e. The molecule has 1 aliphatic carbocycles. The summed E-state index contributed by atoms with van der Waals surface area (Å²) in [7, 11) is 0. The first-order valence-corrected chi connectivity index (χ1v) is 3.40. The lowest BCUT2D eigenvalue weighted by molar-refractivity contribution is 0.912. The molecular weight excluding hydrogens is 124 g/mol. The van der Waals surface area contributed by atoms with Crippen LogP contribution in [0.5, 0.6) is 0 Å². The largest absolute Gasteiger partial charge is 0.404 e. The van der Waals surface area contributed by atoms with Gasteiger partial charge < -0.3 is 5.73 Å². The Morgan fingerprint density at radius 1 is 1.80 bits per heavy atom. The summed E-state index contributed by atoms with van der Waals surface area (Å²) >= 11 is 0. The Balaban J connectivity index is 2.74. The molecule has 1 rings (SSSR count). The number of hydrogen-bond acceptors (Lipinski definition) is 2. The Bertz CT molecular complexity index is 218. The van der Waals surface area contributed by atoms with E-state index in [1.165, 1.54) is 6.20 Å². The Morgan fingerprint density at radius 3 is 3.00 bits per heavy atom. The predicted octanol–water partition coefficient (Wildman–Crippen LogP) is 1.46. The van der Waals surface area contributed by atoms with E-state index in [2.05, 4.69) is 12.1 Å². The van der Waals surface area contributed by atoms with Gasteiger partial charge in [0.2, 0.25) is 0 Å². The van der Waals surface area contributed by atoms with Crippen LogP contribution in [-0.2, 0) is 0 Å². The highest BCUT2D eigenvalue weighted by atomic mass is 14.5. The quantitative estimate of drug-likeness (QED) is 0.552. The summed E-state index contributed by atoms with van der Waals surface area (Å²) in [4.78, 5) is 0. The van der Waals surface area contributed by atoms with Gasteiger partial charge in [0.05, 0.1) is 5.57 Å². The van der Waals surface area contributed by atoms with Crippen LogP contribution in [0.25, 0.3) is 0 Å². The maximum atomic E-state index is 8.55. The third-order valence-electron chi connectivity index (χ3n) is 1.67. The minimum Gasteiger partial charge on any atom is -0.404 e. The van der Waals surface area contributed by atoms with Gasteiger partial charge in [0, 0.05) is 6.20 Å². The fraction of sp³-hybridized carbons (Fsp3) is 0.375. The second kappa shape index (κ2) is 3.07. The zero-order chi connectivity index (χ0) is 7.40. The molecule has 52 valence electrons. The number of rotatable bonds is 1. The van der Waals surface area contributed by atoms with Gasteiger partial charge in [0.1, 0.15) is 6.07 Å². The van der Waals surface area contributed by atoms with Crippen molar-refractivity contribution in [2.24, 2.45) is 5.73 Å². The molecule has 2 heteroatoms. The van der Waals surface area contributed by atoms with E-state index in [1.54, 1.807) is 0 Å². The van der Waals surface area contributed by atoms with Crippen molar-refractivity contribution in [1.29, 1.82) is 5.26 Å². The summed E-state index contributed by atoms with van der Waals surface area (Å²) < 4.78 is 0. The number of nitrogens with two attached hydrogens (primary N) is 1. The van der Waals surface area contributed by atoms with E-state index < -0.39 is 0 Å². The topological polar surface area (TPSA) is 49.8 Å². The van der Waals surface area contributed by atoms with Crippen LogP contribution in [0.2, 0.25) is 0 Å². The number of nitriles is 1. The molecule has 0 radical (unpaired) electrons. The van der Waals surface area contributed by atoms with Gasteiger partial charge in [-0.3, -0.25) is 0 Å². The molecule has 0 saturated heterocycles. The molecule has 0 aliphatic heterocycles. The molecule has 0 aromatic rings. The highest BCUT2D eigenvalue weighted by Crippen LogP contribution is 2.23. The van der Waals surface area contributed by atoms with Crippen LogP contribution in [0.4, 0.5) is 0 Å². The number of nitrogens with zero attached hydrogens (tertiary/aromatic N) is 1. The summed E-state index contributed by atoms with van der Waals surface area (Å²) in [6.07, 6.45) is 6.73. The Hall–Kier alpha value is -1.23. The smallest absolute Gasteiger partial charge is 0.101 e. The number of hydrogen-bond donors (Lipinski definition) is 1. The molecule has 10 heavy (non-hydrogen) atoms. The molecule has 0 heterocycles. The van der Waals surface area contributed by atoms with Crippen LogP contribution in [0.15, 0.2) is 23.4 Å². The van der Waals surface area contributed by atoms with Gasteiger partial charge in [-0.05, 0) is 24.8 Å². The second-order valence-corrected chi connectivity index (χ2v) is 2.31. The first-order chi connectivity index (χ1) is 4.88. The molecule has 2 nitrogen and oxygen atoms in total. The van der Waals surface area contributed by atoms with E-state index >= 15 is 0 Å². The molecule has 0 fully saturated rings. The van der Waals surface area contributed by atoms with Crippen LogP contribution in [0.3, 0.4) is 0 Å². The van der Waals surface area contributed by atoms with Gasteiger partial charge >= 0.3 is 0 Å². The van der Waals surface area contributed by atoms with Crippen LogP contribution >= 0.6 is 0 Å². The standard InChI is InChI=1S/C8H10N2/c9-5-8(6-10)7-3-1-2-4-7/h3,5H,1-2,4,9H2/b8-5+. The molecule has 0 saturated carbocycles. The Morgan fingerprint density at radius 2 is 2.60 bits per heavy atom. The zero-order valence-electron chi connectivity index (χ0n) is 5.80. The average molecular weight is 134 g/mol. The van der Waals surface area contributed by atoms with Crippen LogP contribution in [0.1, 0.15) is 19.3 Å². The fourth-order valence-corrected chi connectivity index (χ4v) is 1.13. The molecular formula is C8H10N2. The van der Waals surface area contributed by atoms with Crippen molar-refractivity contribution >= 4 is 0 Å². The van der Waals surface area contributed by atoms with Crippen LogP contribution in [-0.4, -0.2) is 0 Å². The van der Waals surface area contributed by atoms with Gasteiger partial charge in [-0.25, -0.2) is 0 Å². The highest BCUT2D eigenvalue weighted by Gasteiger charge is 2.07. The third kappa shape index (κ3) is 1.19. The van der Waals surface area contributed by atoms with Crippen molar-refractivity contribution in [3.8, 4) is 6.07 Å². The summed E-state index contributed by atoms with van der Waals surface area (Å²) in [5, 5.41) is 8.55. The van der Waals surface area contributed by atoms with Gasteiger partial charge in [-0.2, -0.15) is 5.26 Å². The zero-order valence-corrected chi connectivity index (χ0v) is 5.80. The minimum atomic E-state index is 0.637. The van der Waals surface area contributed by atoms with Gasteiger partial charge in [0.25, 0.3) is 0 Å². The van der Waals surface area contributed by atoms with E-state index in [1.807, 2.05) is 0 Å². The summed E-state index contributed by atoms with van der Waals surface area (Å²) in [6.45, 7) is 0. The fourth-order valence-electron chi connectivity index (χ4n) is 1.13. The molecule has 2 N–H and O–H groups in total. The van der Waals surface area contributed by atoms with Gasteiger partial charge in [0.15, 0.2) is 0 Å². The maximum absolute atomic E-state index is 8.55. The van der Waals surface area contributed by atoms with Crippen LogP contribution in [0, 0.1) is 11.3 Å². The van der Waals surface area contributed by atoms with Crippen molar-refractivity contribution in [3.05, 3.63) is 23.4 Å². The Labute approximate surface area is 60.6 Å². The summed E-state index contributed by atoms with van der Waals surface area (Å²) in [6, 6.07) is 2.06. The van der Waals surface area contributed by atoms with Crippen molar-refractivity contribution < 1.29 is 0 Å². The molecule has 0 aromatic carbocycles. The SMILES string of the molecule is N#C/C(=C\N)C1=CCCC1. The molecule has 0 amide bonds. The average Bonchev–Trinajstić information content (AvgIpc) is 2.43. The molecule has 0 bridgehead atoms. The van der Waals surface area contributed by atoms with Crippen molar-refractivity contribution in [2.45, 2.75) is 19.3 Å². The van der Waals surface area contributed by atoms with E-state index in [0.717, 1.165) is 24.8 Å².